The third kappa shape index (κ3) is 2.87. The maximum atomic E-state index is 2.43. The number of thiophene rings is 3. The Labute approximate surface area is 166 Å². The van der Waals surface area contributed by atoms with E-state index >= 15 is 0 Å². The van der Waals surface area contributed by atoms with Crippen LogP contribution in [-0.4, -0.2) is 0 Å². The Hall–Kier alpha value is -1.42. The lowest BCUT2D eigenvalue weighted by Gasteiger charge is -1.96. The van der Waals surface area contributed by atoms with Gasteiger partial charge in [-0.25, -0.2) is 0 Å². The lowest BCUT2D eigenvalue weighted by Crippen LogP contribution is -1.80. The largest absolute Gasteiger partial charge is 0.141 e. The first kappa shape index (κ1) is 16.7. The van der Waals surface area contributed by atoms with Crippen LogP contribution < -0.4 is 0 Å². The normalized spacial score (nSPS) is 12.2. The summed E-state index contributed by atoms with van der Waals surface area (Å²) in [6.07, 6.45) is 6.60. The molecule has 0 saturated carbocycles. The topological polar surface area (TPSA) is 0 Å². The van der Waals surface area contributed by atoms with E-state index in [1.54, 1.807) is 4.88 Å². The Morgan fingerprint density at radius 3 is 2.08 bits per heavy atom. The molecular weight excluding hydrogens is 372 g/mol. The van der Waals surface area contributed by atoms with E-state index < -0.39 is 0 Å². The van der Waals surface area contributed by atoms with Crippen molar-refractivity contribution in [2.45, 2.75) is 46.0 Å². The van der Waals surface area contributed by atoms with Crippen LogP contribution in [0.2, 0.25) is 0 Å². The number of rotatable bonds is 5. The molecule has 0 aliphatic carbocycles. The molecule has 0 unspecified atom stereocenters. The summed E-state index contributed by atoms with van der Waals surface area (Å²) in [5, 5.41) is 5.67. The highest BCUT2D eigenvalue weighted by molar-refractivity contribution is 7.27. The van der Waals surface area contributed by atoms with E-state index in [-0.39, 0.29) is 0 Å². The molecule has 0 fully saturated rings. The summed E-state index contributed by atoms with van der Waals surface area (Å²) in [6, 6.07) is 14.4. The third-order valence-electron chi connectivity index (χ3n) is 5.20. The van der Waals surface area contributed by atoms with Crippen molar-refractivity contribution in [1.29, 1.82) is 0 Å². The third-order valence-corrected chi connectivity index (χ3v) is 8.48. The van der Waals surface area contributed by atoms with Gasteiger partial charge in [-0.1, -0.05) is 26.2 Å². The minimum absolute atomic E-state index is 1.24. The standard InChI is InChI=1S/C23H22S3/c1-3-4-5-6-7-17-9-16-11-19-18-10-15-8-14(2)24-20(15)12-22(18)26-23(19)13-21(16)25-17/h8-13H,3-7H2,1-2H3. The van der Waals surface area contributed by atoms with Crippen LogP contribution >= 0.6 is 34.0 Å². The number of unbranched alkanes of at least 4 members (excludes halogenated alkanes) is 3. The van der Waals surface area contributed by atoms with E-state index in [2.05, 4.69) is 50.2 Å². The predicted octanol–water partition coefficient (Wildman–Crippen LogP) is 8.92. The first-order valence-electron chi connectivity index (χ1n) is 9.50. The fourth-order valence-electron chi connectivity index (χ4n) is 3.88. The SMILES string of the molecule is CCCCCCc1cc2cc3c(cc2s1)sc1cc2sc(C)cc2cc13. The summed E-state index contributed by atoms with van der Waals surface area (Å²) >= 11 is 5.85. The minimum atomic E-state index is 1.24. The lowest BCUT2D eigenvalue weighted by atomic mass is 10.1. The molecule has 0 radical (unpaired) electrons. The van der Waals surface area contributed by atoms with Gasteiger partial charge in [0.1, 0.15) is 0 Å². The molecule has 3 heterocycles. The smallest absolute Gasteiger partial charge is 0.0369 e. The van der Waals surface area contributed by atoms with Gasteiger partial charge in [-0.15, -0.1) is 34.0 Å². The molecular formula is C23H22S3. The Morgan fingerprint density at radius 1 is 0.654 bits per heavy atom. The second kappa shape index (κ2) is 6.63. The van der Waals surface area contributed by atoms with Gasteiger partial charge in [0, 0.05) is 39.3 Å². The van der Waals surface area contributed by atoms with Gasteiger partial charge in [0.15, 0.2) is 0 Å². The van der Waals surface area contributed by atoms with Crippen molar-refractivity contribution < 1.29 is 0 Å². The van der Waals surface area contributed by atoms with Gasteiger partial charge in [0.25, 0.3) is 0 Å². The molecule has 132 valence electrons. The quantitative estimate of drug-likeness (QED) is 0.261. The van der Waals surface area contributed by atoms with Crippen molar-refractivity contribution in [3.63, 3.8) is 0 Å². The van der Waals surface area contributed by atoms with Crippen molar-refractivity contribution in [1.82, 2.24) is 0 Å². The Kier molecular flexibility index (Phi) is 4.27. The molecule has 5 aromatic rings. The van der Waals surface area contributed by atoms with E-state index in [0.717, 1.165) is 0 Å². The summed E-state index contributed by atoms with van der Waals surface area (Å²) < 4.78 is 5.72. The maximum Gasteiger partial charge on any atom is 0.0369 e. The molecule has 3 heteroatoms. The van der Waals surface area contributed by atoms with Gasteiger partial charge >= 0.3 is 0 Å². The molecule has 0 aliphatic rings. The van der Waals surface area contributed by atoms with Crippen molar-refractivity contribution in [3.8, 4) is 0 Å². The van der Waals surface area contributed by atoms with Gasteiger partial charge in [-0.3, -0.25) is 0 Å². The van der Waals surface area contributed by atoms with Crippen LogP contribution in [-0.2, 0) is 6.42 Å². The second-order valence-electron chi connectivity index (χ2n) is 7.25. The van der Waals surface area contributed by atoms with Crippen molar-refractivity contribution in [2.75, 3.05) is 0 Å². The first-order chi connectivity index (χ1) is 12.7. The summed E-state index contributed by atoms with van der Waals surface area (Å²) in [6.45, 7) is 4.48. The summed E-state index contributed by atoms with van der Waals surface area (Å²) in [5.74, 6) is 0. The van der Waals surface area contributed by atoms with E-state index in [9.17, 15) is 0 Å². The molecule has 3 aromatic heterocycles. The number of hydrogen-bond acceptors (Lipinski definition) is 3. The molecule has 0 aliphatic heterocycles. The van der Waals surface area contributed by atoms with Crippen molar-refractivity contribution in [3.05, 3.63) is 46.2 Å². The number of fused-ring (bicyclic) bond motifs is 5. The second-order valence-corrected chi connectivity index (χ2v) is 10.8. The number of benzene rings is 2. The van der Waals surface area contributed by atoms with E-state index in [4.69, 9.17) is 0 Å². The number of aryl methyl sites for hydroxylation is 2. The van der Waals surface area contributed by atoms with Gasteiger partial charge in [-0.2, -0.15) is 0 Å². The van der Waals surface area contributed by atoms with Crippen molar-refractivity contribution >= 4 is 74.4 Å². The Bertz CT molecular complexity index is 1230. The van der Waals surface area contributed by atoms with Crippen LogP contribution in [0, 0.1) is 6.92 Å². The average molecular weight is 395 g/mol. The van der Waals surface area contributed by atoms with Gasteiger partial charge in [0.05, 0.1) is 0 Å². The van der Waals surface area contributed by atoms with E-state index in [1.165, 1.54) is 77.3 Å². The van der Waals surface area contributed by atoms with E-state index in [1.807, 2.05) is 34.0 Å². The van der Waals surface area contributed by atoms with Gasteiger partial charge < -0.3 is 0 Å². The highest BCUT2D eigenvalue weighted by atomic mass is 32.1. The monoisotopic (exact) mass is 394 g/mol. The predicted molar refractivity (Wildman–Crippen MR) is 123 cm³/mol. The zero-order valence-corrected chi connectivity index (χ0v) is 17.7. The van der Waals surface area contributed by atoms with Crippen LogP contribution in [0.3, 0.4) is 0 Å². The van der Waals surface area contributed by atoms with Crippen LogP contribution in [0.15, 0.2) is 36.4 Å². The molecule has 0 N–H and O–H groups in total. The molecule has 0 atom stereocenters. The fraction of sp³-hybridized carbons (Fsp3) is 0.304. The fourth-order valence-corrected chi connectivity index (χ4v) is 7.25. The zero-order chi connectivity index (χ0) is 17.7. The summed E-state index contributed by atoms with van der Waals surface area (Å²) in [7, 11) is 0. The maximum absolute atomic E-state index is 2.43. The van der Waals surface area contributed by atoms with Gasteiger partial charge in [-0.05, 0) is 66.9 Å². The van der Waals surface area contributed by atoms with Gasteiger partial charge in [0.2, 0.25) is 0 Å². The molecule has 0 saturated heterocycles. The molecule has 0 nitrogen and oxygen atoms in total. The average Bonchev–Trinajstić information content (AvgIpc) is 3.27. The van der Waals surface area contributed by atoms with Crippen molar-refractivity contribution in [2.24, 2.45) is 0 Å². The molecule has 26 heavy (non-hydrogen) atoms. The molecule has 0 spiro atoms. The summed E-state index contributed by atoms with van der Waals surface area (Å²) in [5.41, 5.74) is 0. The number of hydrogen-bond donors (Lipinski definition) is 0. The van der Waals surface area contributed by atoms with Crippen LogP contribution in [0.1, 0.15) is 42.4 Å². The zero-order valence-electron chi connectivity index (χ0n) is 15.2. The lowest BCUT2D eigenvalue weighted by molar-refractivity contribution is 0.670. The minimum Gasteiger partial charge on any atom is -0.141 e. The highest BCUT2D eigenvalue weighted by Crippen LogP contribution is 2.41. The molecule has 5 rings (SSSR count). The van der Waals surface area contributed by atoms with Crippen LogP contribution in [0.25, 0.3) is 40.3 Å². The summed E-state index contributed by atoms with van der Waals surface area (Å²) in [4.78, 5) is 2.95. The van der Waals surface area contributed by atoms with Crippen LogP contribution in [0.5, 0.6) is 0 Å². The van der Waals surface area contributed by atoms with E-state index in [0.29, 0.717) is 0 Å². The Morgan fingerprint density at radius 2 is 1.35 bits per heavy atom. The Balaban J connectivity index is 1.59. The highest BCUT2D eigenvalue weighted by Gasteiger charge is 2.11. The molecule has 2 aromatic carbocycles. The first-order valence-corrected chi connectivity index (χ1v) is 11.9. The molecule has 0 amide bonds. The molecule has 0 bridgehead atoms. The van der Waals surface area contributed by atoms with Crippen LogP contribution in [0.4, 0.5) is 0 Å².